The van der Waals surface area contributed by atoms with Crippen LogP contribution in [0.2, 0.25) is 0 Å². The third kappa shape index (κ3) is 13.3. The molecule has 0 bridgehead atoms. The number of methoxy groups -OCH3 is 1. The van der Waals surface area contributed by atoms with Gasteiger partial charge in [0, 0.05) is 37.3 Å². The lowest BCUT2D eigenvalue weighted by molar-refractivity contribution is -0.422. The van der Waals surface area contributed by atoms with E-state index in [0.717, 1.165) is 35.8 Å². The van der Waals surface area contributed by atoms with Crippen molar-refractivity contribution in [1.29, 1.82) is 0 Å². The smallest absolute Gasteiger partial charge is 0.369 e. The van der Waals surface area contributed by atoms with Crippen LogP contribution in [0.25, 0.3) is 0 Å². The van der Waals surface area contributed by atoms with Gasteiger partial charge in [-0.05, 0) is 60.9 Å². The van der Waals surface area contributed by atoms with E-state index in [0.29, 0.717) is 24.3 Å². The standard InChI is InChI=1S/C48H60N10O12/c1-7-29(4)41(54-43(59)35(53-45(61)40(49)28(2)3)23-31-18-20-34(21-19-31)70-26-32-13-9-8-10-14-32)47(63)56(36-15-11-16-37(57(65)66)42(36)58(67)68)39(24-33-25-50-27-51-33)46(62)55-22-12-17-38(55)44(60)52-30(5)48(64)69-6/h8-11,13-16,18-21,25,27-30,35,38-41H,7,12,17,22-24,26,49H2,1-6H3,(H,50,51)(H,52,60)(H,53,61)(H,54,59)/t29-,30-,35-,38-,39-,40-,41-/m0/s1. The van der Waals surface area contributed by atoms with E-state index in [-0.39, 0.29) is 37.4 Å². The number of aromatic nitrogens is 2. The molecule has 2 heterocycles. The molecule has 70 heavy (non-hydrogen) atoms. The molecule has 5 amide bonds. The molecule has 0 unspecified atom stereocenters. The molecule has 0 aliphatic carbocycles. The molecule has 0 spiro atoms. The minimum Gasteiger partial charge on any atom is -0.489 e. The monoisotopic (exact) mass is 968 g/mol. The van der Waals surface area contributed by atoms with Gasteiger partial charge in [-0.2, -0.15) is 0 Å². The van der Waals surface area contributed by atoms with E-state index >= 15 is 9.59 Å². The van der Waals surface area contributed by atoms with Gasteiger partial charge in [0.2, 0.25) is 23.6 Å². The number of carbonyl (C=O) groups is 6. The highest BCUT2D eigenvalue weighted by atomic mass is 16.6. The summed E-state index contributed by atoms with van der Waals surface area (Å²) < 4.78 is 10.7. The van der Waals surface area contributed by atoms with Crippen LogP contribution in [0.1, 0.15) is 70.7 Å². The van der Waals surface area contributed by atoms with Gasteiger partial charge in [0.05, 0.1) is 29.3 Å². The molecular weight excluding hydrogens is 909 g/mol. The molecule has 0 radical (unpaired) electrons. The molecule has 374 valence electrons. The van der Waals surface area contributed by atoms with Gasteiger partial charge < -0.3 is 41.0 Å². The normalized spacial score (nSPS) is 15.9. The maximum absolute atomic E-state index is 15.7. The molecule has 1 saturated heterocycles. The lowest BCUT2D eigenvalue weighted by atomic mass is 9.94. The second-order valence-corrected chi connectivity index (χ2v) is 17.4. The number of imidazole rings is 1. The highest BCUT2D eigenvalue weighted by molar-refractivity contribution is 6.07. The fraction of sp³-hybridized carbons (Fsp3) is 0.438. The maximum atomic E-state index is 15.7. The van der Waals surface area contributed by atoms with Gasteiger partial charge in [0.25, 0.3) is 5.91 Å². The zero-order chi connectivity index (χ0) is 51.2. The number of ether oxygens (including phenoxy) is 2. The molecule has 1 fully saturated rings. The SMILES string of the molecule is CC[C@H](C)[C@H](NC(=O)[C@H](Cc1ccc(OCc2ccccc2)cc1)NC(=O)[C@@H](N)C(C)C)C(=O)N(c1cccc([N+](=O)[O-])c1[N+](=O)[O-])[C@@H](Cc1cnc[nH]1)C(=O)N1CCC[C@H]1C(=O)N[C@@H](C)C(=O)OC. The Hall–Kier alpha value is -7.75. The topological polar surface area (TPSA) is 304 Å². The molecule has 1 aliphatic heterocycles. The Balaban J connectivity index is 1.60. The van der Waals surface area contributed by atoms with Crippen LogP contribution < -0.4 is 31.3 Å². The number of carbonyl (C=O) groups excluding carboxylic acids is 6. The number of H-pyrrole nitrogens is 1. The minimum atomic E-state index is -1.77. The van der Waals surface area contributed by atoms with Crippen molar-refractivity contribution in [3.63, 3.8) is 0 Å². The van der Waals surface area contributed by atoms with Crippen molar-refractivity contribution >= 4 is 52.6 Å². The van der Waals surface area contributed by atoms with Crippen LogP contribution >= 0.6 is 0 Å². The third-order valence-electron chi connectivity index (χ3n) is 12.2. The first-order valence-corrected chi connectivity index (χ1v) is 22.9. The summed E-state index contributed by atoms with van der Waals surface area (Å²) in [6.45, 7) is 8.47. The molecule has 0 saturated carbocycles. The Labute approximate surface area is 404 Å². The Morgan fingerprint density at radius 1 is 0.886 bits per heavy atom. The van der Waals surface area contributed by atoms with E-state index in [1.165, 1.54) is 24.3 Å². The summed E-state index contributed by atoms with van der Waals surface area (Å²) in [5, 5.41) is 33.3. The predicted octanol–water partition coefficient (Wildman–Crippen LogP) is 3.66. The maximum Gasteiger partial charge on any atom is 0.369 e. The second-order valence-electron chi connectivity index (χ2n) is 17.4. The van der Waals surface area contributed by atoms with E-state index in [4.69, 9.17) is 15.2 Å². The number of rotatable bonds is 23. The van der Waals surface area contributed by atoms with Crippen LogP contribution in [0.3, 0.4) is 0 Å². The number of amides is 5. The van der Waals surface area contributed by atoms with Gasteiger partial charge >= 0.3 is 17.3 Å². The molecule has 5 rings (SSSR count). The lowest BCUT2D eigenvalue weighted by Gasteiger charge is -2.38. The molecule has 22 heteroatoms. The molecule has 6 N–H and O–H groups in total. The second kappa shape index (κ2) is 24.5. The van der Waals surface area contributed by atoms with E-state index in [1.54, 1.807) is 52.0 Å². The van der Waals surface area contributed by atoms with Crippen LogP contribution in [-0.2, 0) is 53.0 Å². The summed E-state index contributed by atoms with van der Waals surface area (Å²) in [5.41, 5.74) is 5.26. The third-order valence-corrected chi connectivity index (χ3v) is 12.2. The number of nitrogens with one attached hydrogen (secondary N) is 4. The number of hydrogen-bond acceptors (Lipinski definition) is 14. The number of anilines is 1. The van der Waals surface area contributed by atoms with Crippen molar-refractivity contribution < 1.29 is 48.1 Å². The average Bonchev–Trinajstić information content (AvgIpc) is 4.07. The molecule has 1 aromatic heterocycles. The summed E-state index contributed by atoms with van der Waals surface area (Å²) in [6, 6.07) is 11.4. The number of esters is 1. The summed E-state index contributed by atoms with van der Waals surface area (Å²) in [4.78, 5) is 117. The first-order chi connectivity index (χ1) is 33.4. The quantitative estimate of drug-likeness (QED) is 0.0403. The van der Waals surface area contributed by atoms with Crippen LogP contribution in [0.5, 0.6) is 5.75 Å². The lowest BCUT2D eigenvalue weighted by Crippen LogP contribution is -2.62. The number of nitrogens with zero attached hydrogens (tertiary/aromatic N) is 5. The van der Waals surface area contributed by atoms with Gasteiger partial charge in [-0.3, -0.25) is 49.1 Å². The minimum absolute atomic E-state index is 0.0202. The first-order valence-electron chi connectivity index (χ1n) is 22.9. The summed E-state index contributed by atoms with van der Waals surface area (Å²) in [6.07, 6.45) is 2.79. The van der Waals surface area contributed by atoms with Crippen molar-refractivity contribution in [3.05, 3.63) is 122 Å². The summed E-state index contributed by atoms with van der Waals surface area (Å²) >= 11 is 0. The number of para-hydroxylation sites is 1. The highest BCUT2D eigenvalue weighted by Crippen LogP contribution is 2.39. The number of hydrogen-bond donors (Lipinski definition) is 5. The number of aromatic amines is 1. The number of likely N-dealkylation sites (tertiary alicyclic amines) is 1. The fourth-order valence-corrected chi connectivity index (χ4v) is 7.99. The molecular formula is C48H60N10O12. The largest absolute Gasteiger partial charge is 0.489 e. The number of nitro groups is 2. The Morgan fingerprint density at radius 2 is 1.59 bits per heavy atom. The predicted molar refractivity (Wildman–Crippen MR) is 255 cm³/mol. The van der Waals surface area contributed by atoms with E-state index in [9.17, 15) is 39.4 Å². The van der Waals surface area contributed by atoms with Crippen LogP contribution in [0, 0.1) is 32.1 Å². The molecule has 22 nitrogen and oxygen atoms in total. The fourth-order valence-electron chi connectivity index (χ4n) is 7.99. The first kappa shape index (κ1) is 53.2. The number of nitrogens with two attached hydrogens (primary N) is 1. The van der Waals surface area contributed by atoms with E-state index in [2.05, 4.69) is 25.9 Å². The highest BCUT2D eigenvalue weighted by Gasteiger charge is 2.47. The van der Waals surface area contributed by atoms with Crippen molar-refractivity contribution in [3.8, 4) is 5.75 Å². The Bertz CT molecular complexity index is 2490. The zero-order valence-corrected chi connectivity index (χ0v) is 39.9. The van der Waals surface area contributed by atoms with Gasteiger partial charge in [0.1, 0.15) is 48.3 Å². The number of benzene rings is 3. The summed E-state index contributed by atoms with van der Waals surface area (Å²) in [5.74, 6) is -5.51. The van der Waals surface area contributed by atoms with Crippen molar-refractivity contribution in [2.75, 3.05) is 18.6 Å². The van der Waals surface area contributed by atoms with Crippen molar-refractivity contribution in [1.82, 2.24) is 30.8 Å². The molecule has 1 aliphatic rings. The van der Waals surface area contributed by atoms with E-state index in [1.807, 2.05) is 30.3 Å². The Kier molecular flexibility index (Phi) is 18.6. The molecule has 4 aromatic rings. The molecule has 7 atom stereocenters. The van der Waals surface area contributed by atoms with Gasteiger partial charge in [-0.15, -0.1) is 0 Å². The van der Waals surface area contributed by atoms with E-state index < -0.39 is 111 Å². The van der Waals surface area contributed by atoms with Crippen LogP contribution in [0.4, 0.5) is 17.1 Å². The Morgan fingerprint density at radius 3 is 2.19 bits per heavy atom. The van der Waals surface area contributed by atoms with Crippen molar-refractivity contribution in [2.24, 2.45) is 17.6 Å². The summed E-state index contributed by atoms with van der Waals surface area (Å²) in [7, 11) is 1.14. The zero-order valence-electron chi connectivity index (χ0n) is 39.9. The van der Waals surface area contributed by atoms with Crippen molar-refractivity contribution in [2.45, 2.75) is 110 Å². The van der Waals surface area contributed by atoms with Gasteiger partial charge in [0.15, 0.2) is 0 Å². The van der Waals surface area contributed by atoms with Gasteiger partial charge in [-0.1, -0.05) is 82.6 Å². The molecule has 3 aromatic carbocycles. The van der Waals surface area contributed by atoms with Gasteiger partial charge in [-0.25, -0.2) is 9.78 Å². The van der Waals surface area contributed by atoms with Crippen LogP contribution in [-0.4, -0.2) is 110 Å². The number of nitro benzene ring substituents is 2. The average molecular weight is 969 g/mol. The van der Waals surface area contributed by atoms with Crippen LogP contribution in [0.15, 0.2) is 85.3 Å².